The van der Waals surface area contributed by atoms with E-state index in [-0.39, 0.29) is 12.5 Å². The van der Waals surface area contributed by atoms with Crippen molar-refractivity contribution in [1.29, 1.82) is 0 Å². The quantitative estimate of drug-likeness (QED) is 0.783. The van der Waals surface area contributed by atoms with E-state index < -0.39 is 6.10 Å². The minimum Gasteiger partial charge on any atom is -0.493 e. The number of aryl methyl sites for hydroxylation is 1. The van der Waals surface area contributed by atoms with E-state index in [0.29, 0.717) is 13.0 Å². The smallest absolute Gasteiger partial charge is 0.223 e. The maximum atomic E-state index is 11.3. The lowest BCUT2D eigenvalue weighted by molar-refractivity contribution is -0.122. The van der Waals surface area contributed by atoms with Crippen LogP contribution in [-0.4, -0.2) is 30.3 Å². The molecule has 0 spiro atoms. The molecule has 0 aromatic heterocycles. The molecule has 94 valence electrons. The van der Waals surface area contributed by atoms with Crippen LogP contribution in [0.15, 0.2) is 24.3 Å². The Hall–Kier alpha value is -1.55. The van der Waals surface area contributed by atoms with Crippen LogP contribution in [0, 0.1) is 6.92 Å². The van der Waals surface area contributed by atoms with E-state index in [4.69, 9.17) is 9.84 Å². The number of benzene rings is 1. The Labute approximate surface area is 102 Å². The van der Waals surface area contributed by atoms with E-state index in [1.807, 2.05) is 31.2 Å². The van der Waals surface area contributed by atoms with Gasteiger partial charge in [0.15, 0.2) is 0 Å². The summed E-state index contributed by atoms with van der Waals surface area (Å²) in [5, 5.41) is 11.6. The Bertz CT molecular complexity index is 346. The molecular formula is C13H19NO3. The van der Waals surface area contributed by atoms with Gasteiger partial charge in [-0.2, -0.15) is 0 Å². The van der Waals surface area contributed by atoms with E-state index in [0.717, 1.165) is 5.75 Å². The van der Waals surface area contributed by atoms with Crippen molar-refractivity contribution >= 4 is 5.91 Å². The number of nitrogens with one attached hydrogen (secondary N) is 1. The monoisotopic (exact) mass is 237 g/mol. The molecule has 0 aliphatic rings. The molecule has 0 heterocycles. The van der Waals surface area contributed by atoms with Crippen LogP contribution in [-0.2, 0) is 4.79 Å². The maximum absolute atomic E-state index is 11.3. The third-order valence-electron chi connectivity index (χ3n) is 2.21. The third kappa shape index (κ3) is 5.92. The molecule has 0 saturated carbocycles. The maximum Gasteiger partial charge on any atom is 0.223 e. The van der Waals surface area contributed by atoms with Gasteiger partial charge in [0.05, 0.1) is 19.1 Å². The summed E-state index contributed by atoms with van der Waals surface area (Å²) in [7, 11) is 0. The van der Waals surface area contributed by atoms with Crippen LogP contribution in [0.4, 0.5) is 0 Å². The van der Waals surface area contributed by atoms with E-state index in [1.54, 1.807) is 6.92 Å². The number of aliphatic hydroxyl groups is 1. The summed E-state index contributed by atoms with van der Waals surface area (Å²) >= 11 is 0. The molecule has 4 heteroatoms. The molecule has 1 atom stereocenters. The molecule has 17 heavy (non-hydrogen) atoms. The van der Waals surface area contributed by atoms with Crippen molar-refractivity contribution in [2.75, 3.05) is 13.2 Å². The summed E-state index contributed by atoms with van der Waals surface area (Å²) in [4.78, 5) is 11.3. The second kappa shape index (κ2) is 6.91. The Morgan fingerprint density at radius 2 is 2.06 bits per heavy atom. The topological polar surface area (TPSA) is 58.6 Å². The van der Waals surface area contributed by atoms with Crippen molar-refractivity contribution in [3.63, 3.8) is 0 Å². The summed E-state index contributed by atoms with van der Waals surface area (Å²) < 4.78 is 5.42. The third-order valence-corrected chi connectivity index (χ3v) is 2.21. The van der Waals surface area contributed by atoms with Crippen molar-refractivity contribution in [3.05, 3.63) is 29.8 Å². The highest BCUT2D eigenvalue weighted by Gasteiger charge is 2.03. The van der Waals surface area contributed by atoms with Crippen molar-refractivity contribution < 1.29 is 14.6 Å². The van der Waals surface area contributed by atoms with Gasteiger partial charge in [0.1, 0.15) is 5.75 Å². The standard InChI is InChI=1S/C13H19NO3/c1-10-3-5-12(6-4-10)17-8-7-13(16)14-9-11(2)15/h3-6,11,15H,7-9H2,1-2H3,(H,14,16)/t11-/m0/s1. The van der Waals surface area contributed by atoms with Crippen molar-refractivity contribution in [2.45, 2.75) is 26.4 Å². The first-order chi connectivity index (χ1) is 8.08. The second-order valence-corrected chi connectivity index (χ2v) is 4.06. The lowest BCUT2D eigenvalue weighted by Gasteiger charge is -2.08. The highest BCUT2D eigenvalue weighted by Crippen LogP contribution is 2.11. The zero-order valence-corrected chi connectivity index (χ0v) is 10.3. The number of aliphatic hydroxyl groups excluding tert-OH is 1. The summed E-state index contributed by atoms with van der Waals surface area (Å²) in [6.45, 7) is 4.26. The lowest BCUT2D eigenvalue weighted by Crippen LogP contribution is -2.31. The molecule has 1 aromatic carbocycles. The SMILES string of the molecule is Cc1ccc(OCCC(=O)NC[C@H](C)O)cc1. The molecule has 0 radical (unpaired) electrons. The Balaban J connectivity index is 2.19. The predicted molar refractivity (Wildman–Crippen MR) is 66.0 cm³/mol. The van der Waals surface area contributed by atoms with Gasteiger partial charge in [-0.15, -0.1) is 0 Å². The number of carbonyl (C=O) groups excluding carboxylic acids is 1. The van der Waals surface area contributed by atoms with Gasteiger partial charge in [-0.1, -0.05) is 17.7 Å². The Morgan fingerprint density at radius 1 is 1.41 bits per heavy atom. The van der Waals surface area contributed by atoms with Gasteiger partial charge in [-0.05, 0) is 26.0 Å². The van der Waals surface area contributed by atoms with Gasteiger partial charge < -0.3 is 15.2 Å². The molecule has 2 N–H and O–H groups in total. The average molecular weight is 237 g/mol. The minimum absolute atomic E-state index is 0.113. The van der Waals surface area contributed by atoms with Crippen molar-refractivity contribution in [2.24, 2.45) is 0 Å². The van der Waals surface area contributed by atoms with Crippen LogP contribution in [0.25, 0.3) is 0 Å². The van der Waals surface area contributed by atoms with Gasteiger partial charge >= 0.3 is 0 Å². The van der Waals surface area contributed by atoms with Crippen LogP contribution in [0.1, 0.15) is 18.9 Å². The number of hydrogen-bond donors (Lipinski definition) is 2. The van der Waals surface area contributed by atoms with Crippen LogP contribution < -0.4 is 10.1 Å². The normalized spacial score (nSPS) is 11.9. The first kappa shape index (κ1) is 13.5. The highest BCUT2D eigenvalue weighted by molar-refractivity contribution is 5.75. The molecule has 0 bridgehead atoms. The minimum atomic E-state index is -0.517. The van der Waals surface area contributed by atoms with Gasteiger partial charge in [-0.25, -0.2) is 0 Å². The van der Waals surface area contributed by atoms with Gasteiger partial charge in [0, 0.05) is 6.54 Å². The second-order valence-electron chi connectivity index (χ2n) is 4.06. The first-order valence-electron chi connectivity index (χ1n) is 5.72. The molecule has 1 amide bonds. The Morgan fingerprint density at radius 3 is 2.65 bits per heavy atom. The fourth-order valence-electron chi connectivity index (χ4n) is 1.25. The van der Waals surface area contributed by atoms with E-state index >= 15 is 0 Å². The summed E-state index contributed by atoms with van der Waals surface area (Å²) in [5.41, 5.74) is 1.17. The number of rotatable bonds is 6. The number of hydrogen-bond acceptors (Lipinski definition) is 3. The van der Waals surface area contributed by atoms with E-state index in [9.17, 15) is 4.79 Å². The molecular weight excluding hydrogens is 218 g/mol. The molecule has 0 aliphatic heterocycles. The molecule has 0 unspecified atom stereocenters. The zero-order chi connectivity index (χ0) is 12.7. The fraction of sp³-hybridized carbons (Fsp3) is 0.462. The summed E-state index contributed by atoms with van der Waals surface area (Å²) in [5.74, 6) is 0.650. The molecule has 1 aromatic rings. The number of ether oxygens (including phenoxy) is 1. The molecule has 0 aliphatic carbocycles. The zero-order valence-electron chi connectivity index (χ0n) is 10.3. The number of amides is 1. The molecule has 4 nitrogen and oxygen atoms in total. The predicted octanol–water partition coefficient (Wildman–Crippen LogP) is 1.26. The van der Waals surface area contributed by atoms with Crippen LogP contribution in [0.3, 0.4) is 0 Å². The van der Waals surface area contributed by atoms with Gasteiger partial charge in [-0.3, -0.25) is 4.79 Å². The van der Waals surface area contributed by atoms with Crippen molar-refractivity contribution in [3.8, 4) is 5.75 Å². The van der Waals surface area contributed by atoms with Gasteiger partial charge in [0.2, 0.25) is 5.91 Å². The van der Waals surface area contributed by atoms with Crippen LogP contribution in [0.2, 0.25) is 0 Å². The van der Waals surface area contributed by atoms with Gasteiger partial charge in [0.25, 0.3) is 0 Å². The molecule has 0 saturated heterocycles. The molecule has 1 rings (SSSR count). The lowest BCUT2D eigenvalue weighted by atomic mass is 10.2. The van der Waals surface area contributed by atoms with E-state index in [1.165, 1.54) is 5.56 Å². The highest BCUT2D eigenvalue weighted by atomic mass is 16.5. The average Bonchev–Trinajstić information content (AvgIpc) is 2.29. The summed E-state index contributed by atoms with van der Waals surface area (Å²) in [6, 6.07) is 7.68. The summed E-state index contributed by atoms with van der Waals surface area (Å²) in [6.07, 6.45) is -0.224. The Kier molecular flexibility index (Phi) is 5.49. The first-order valence-corrected chi connectivity index (χ1v) is 5.72. The van der Waals surface area contributed by atoms with Crippen LogP contribution >= 0.6 is 0 Å². The van der Waals surface area contributed by atoms with Crippen LogP contribution in [0.5, 0.6) is 5.75 Å². The largest absolute Gasteiger partial charge is 0.493 e. The van der Waals surface area contributed by atoms with Crippen molar-refractivity contribution in [1.82, 2.24) is 5.32 Å². The fourth-order valence-corrected chi connectivity index (χ4v) is 1.25. The number of carbonyl (C=O) groups is 1. The molecule has 0 fully saturated rings. The van der Waals surface area contributed by atoms with E-state index in [2.05, 4.69) is 5.32 Å².